The summed E-state index contributed by atoms with van der Waals surface area (Å²) < 4.78 is 41.7. The molecule has 0 aromatic carbocycles. The molecule has 4 aromatic heterocycles. The van der Waals surface area contributed by atoms with Crippen LogP contribution in [0.4, 0.5) is 13.2 Å². The van der Waals surface area contributed by atoms with Gasteiger partial charge in [0, 0.05) is 28.7 Å². The fourth-order valence-corrected chi connectivity index (χ4v) is 5.22. The SMILES string of the molecule is NC(=O)C1CCCN1Cc1ccc(-c2cnc3ccc(-c4cn[nH]c4C(F)(F)F)cn23)s1. The van der Waals surface area contributed by atoms with Gasteiger partial charge >= 0.3 is 6.18 Å². The highest BCUT2D eigenvalue weighted by Gasteiger charge is 2.36. The van der Waals surface area contributed by atoms with E-state index in [1.807, 2.05) is 17.2 Å². The number of likely N-dealkylation sites (tertiary alicyclic amines) is 1. The molecule has 1 unspecified atom stereocenters. The second kappa shape index (κ2) is 7.75. The monoisotopic (exact) mass is 460 g/mol. The molecule has 1 fully saturated rings. The molecule has 0 aliphatic carbocycles. The van der Waals surface area contributed by atoms with Gasteiger partial charge in [-0.05, 0) is 43.7 Å². The van der Waals surface area contributed by atoms with Gasteiger partial charge in [-0.1, -0.05) is 0 Å². The predicted molar refractivity (Wildman–Crippen MR) is 114 cm³/mol. The average Bonchev–Trinajstić information content (AvgIpc) is 3.52. The smallest absolute Gasteiger partial charge is 0.368 e. The number of primary amides is 1. The highest BCUT2D eigenvalue weighted by atomic mass is 32.1. The van der Waals surface area contributed by atoms with Crippen molar-refractivity contribution >= 4 is 22.9 Å². The summed E-state index contributed by atoms with van der Waals surface area (Å²) in [5, 5.41) is 5.62. The number of hydrogen-bond donors (Lipinski definition) is 2. The van der Waals surface area contributed by atoms with Crippen molar-refractivity contribution in [3.8, 4) is 21.7 Å². The quantitative estimate of drug-likeness (QED) is 0.472. The maximum Gasteiger partial charge on any atom is 0.433 e. The van der Waals surface area contributed by atoms with Gasteiger partial charge in [0.25, 0.3) is 0 Å². The Balaban J connectivity index is 1.47. The Labute approximate surface area is 184 Å². The third-order valence-corrected chi connectivity index (χ3v) is 6.80. The van der Waals surface area contributed by atoms with Crippen LogP contribution in [0.2, 0.25) is 0 Å². The van der Waals surface area contributed by atoms with E-state index in [9.17, 15) is 18.0 Å². The summed E-state index contributed by atoms with van der Waals surface area (Å²) in [4.78, 5) is 20.1. The Kier molecular flexibility index (Phi) is 5.01. The van der Waals surface area contributed by atoms with Crippen LogP contribution in [0.5, 0.6) is 0 Å². The molecule has 11 heteroatoms. The van der Waals surface area contributed by atoms with Crippen molar-refractivity contribution in [2.24, 2.45) is 5.73 Å². The number of nitrogens with zero attached hydrogens (tertiary/aromatic N) is 4. The molecule has 166 valence electrons. The van der Waals surface area contributed by atoms with Crippen molar-refractivity contribution in [3.05, 3.63) is 53.4 Å². The van der Waals surface area contributed by atoms with Crippen molar-refractivity contribution in [2.75, 3.05) is 6.54 Å². The van der Waals surface area contributed by atoms with Crippen LogP contribution in [0, 0.1) is 0 Å². The van der Waals surface area contributed by atoms with Crippen LogP contribution in [0.25, 0.3) is 27.3 Å². The molecule has 1 aliphatic heterocycles. The number of imidazole rings is 1. The van der Waals surface area contributed by atoms with E-state index in [4.69, 9.17) is 5.73 Å². The molecule has 7 nitrogen and oxygen atoms in total. The number of amides is 1. The molecule has 1 aliphatic rings. The van der Waals surface area contributed by atoms with E-state index < -0.39 is 11.9 Å². The lowest BCUT2D eigenvalue weighted by atomic mass is 10.1. The Morgan fingerprint density at radius 1 is 1.25 bits per heavy atom. The third-order valence-electron chi connectivity index (χ3n) is 5.70. The van der Waals surface area contributed by atoms with Gasteiger partial charge in [-0.3, -0.25) is 19.2 Å². The third kappa shape index (κ3) is 3.67. The Morgan fingerprint density at radius 3 is 2.88 bits per heavy atom. The minimum Gasteiger partial charge on any atom is -0.368 e. The molecular weight excluding hydrogens is 441 g/mol. The molecule has 32 heavy (non-hydrogen) atoms. The number of rotatable bonds is 5. The van der Waals surface area contributed by atoms with Gasteiger partial charge in [0.1, 0.15) is 11.3 Å². The topological polar surface area (TPSA) is 92.3 Å². The molecule has 0 bridgehead atoms. The van der Waals surface area contributed by atoms with Gasteiger partial charge in [0.05, 0.1) is 29.0 Å². The van der Waals surface area contributed by atoms with Gasteiger partial charge in [-0.15, -0.1) is 11.3 Å². The van der Waals surface area contributed by atoms with E-state index in [1.165, 1.54) is 6.20 Å². The van der Waals surface area contributed by atoms with Crippen molar-refractivity contribution in [3.63, 3.8) is 0 Å². The zero-order chi connectivity index (χ0) is 22.5. The number of nitrogens with one attached hydrogen (secondary N) is 1. The van der Waals surface area contributed by atoms with Crippen LogP contribution in [-0.4, -0.2) is 43.0 Å². The predicted octanol–water partition coefficient (Wildman–Crippen LogP) is 3.92. The summed E-state index contributed by atoms with van der Waals surface area (Å²) >= 11 is 1.56. The van der Waals surface area contributed by atoms with Crippen LogP contribution in [0.1, 0.15) is 23.4 Å². The highest BCUT2D eigenvalue weighted by Crippen LogP contribution is 2.36. The molecule has 1 atom stereocenters. The molecule has 3 N–H and O–H groups in total. The summed E-state index contributed by atoms with van der Waals surface area (Å²) in [6.45, 7) is 1.45. The number of carbonyl (C=O) groups excluding carboxylic acids is 1. The van der Waals surface area contributed by atoms with E-state index in [1.54, 1.807) is 40.3 Å². The van der Waals surface area contributed by atoms with Crippen LogP contribution in [0.15, 0.2) is 42.9 Å². The van der Waals surface area contributed by atoms with Gasteiger partial charge in [0.2, 0.25) is 5.91 Å². The summed E-state index contributed by atoms with van der Waals surface area (Å²) in [5.41, 5.74) is 6.41. The standard InChI is InChI=1S/C21H19F3N6OS/c22-21(23,24)19-14(8-27-28-19)12-3-6-18-26-9-16(30(18)10-12)17-5-4-13(32-17)11-29-7-1-2-15(29)20(25)31/h3-6,8-10,15H,1-2,7,11H2,(H2,25,31)(H,27,28). The van der Waals surface area contributed by atoms with E-state index in [0.717, 1.165) is 34.8 Å². The van der Waals surface area contributed by atoms with Crippen molar-refractivity contribution in [1.29, 1.82) is 0 Å². The number of halogens is 3. The second-order valence-corrected chi connectivity index (χ2v) is 8.91. The molecule has 5 rings (SSSR count). The minimum atomic E-state index is -4.53. The van der Waals surface area contributed by atoms with Crippen LogP contribution < -0.4 is 5.73 Å². The zero-order valence-corrected chi connectivity index (χ0v) is 17.6. The lowest BCUT2D eigenvalue weighted by molar-refractivity contribution is -0.140. The largest absolute Gasteiger partial charge is 0.433 e. The van der Waals surface area contributed by atoms with Crippen LogP contribution in [0.3, 0.4) is 0 Å². The molecule has 1 saturated heterocycles. The highest BCUT2D eigenvalue weighted by molar-refractivity contribution is 7.15. The molecule has 5 heterocycles. The first-order chi connectivity index (χ1) is 15.3. The fraction of sp³-hybridized carbons (Fsp3) is 0.286. The maximum atomic E-state index is 13.3. The van der Waals surface area contributed by atoms with E-state index in [0.29, 0.717) is 17.8 Å². The first kappa shape index (κ1) is 20.7. The second-order valence-electron chi connectivity index (χ2n) is 7.74. The van der Waals surface area contributed by atoms with Gasteiger partial charge in [-0.2, -0.15) is 18.3 Å². The summed E-state index contributed by atoms with van der Waals surface area (Å²) in [5.74, 6) is -0.300. The number of aromatic amines is 1. The normalized spacial score (nSPS) is 17.4. The summed E-state index contributed by atoms with van der Waals surface area (Å²) in [6.07, 6.45) is 1.71. The zero-order valence-electron chi connectivity index (χ0n) is 16.8. The number of carbonyl (C=O) groups is 1. The number of hydrogen-bond acceptors (Lipinski definition) is 5. The molecule has 1 amide bonds. The molecule has 0 saturated carbocycles. The Bertz CT molecular complexity index is 1290. The molecule has 0 radical (unpaired) electrons. The van der Waals surface area contributed by atoms with Gasteiger partial charge in [0.15, 0.2) is 0 Å². The first-order valence-electron chi connectivity index (χ1n) is 10.0. The van der Waals surface area contributed by atoms with Crippen LogP contribution in [-0.2, 0) is 17.5 Å². The van der Waals surface area contributed by atoms with Gasteiger partial charge < -0.3 is 5.73 Å². The Morgan fingerprint density at radius 2 is 2.09 bits per heavy atom. The van der Waals surface area contributed by atoms with E-state index in [-0.39, 0.29) is 17.5 Å². The number of fused-ring (bicyclic) bond motifs is 1. The first-order valence-corrected chi connectivity index (χ1v) is 10.8. The number of nitrogens with two attached hydrogens (primary N) is 1. The minimum absolute atomic E-state index is 0.0163. The number of H-pyrrole nitrogens is 1. The van der Waals surface area contributed by atoms with E-state index >= 15 is 0 Å². The molecule has 0 spiro atoms. The van der Waals surface area contributed by atoms with Crippen LogP contribution >= 0.6 is 11.3 Å². The number of aromatic nitrogens is 4. The summed E-state index contributed by atoms with van der Waals surface area (Å²) in [7, 11) is 0. The lowest BCUT2D eigenvalue weighted by Crippen LogP contribution is -2.39. The number of alkyl halides is 3. The van der Waals surface area contributed by atoms with Crippen molar-refractivity contribution in [1.82, 2.24) is 24.5 Å². The average molecular weight is 460 g/mol. The van der Waals surface area contributed by atoms with Gasteiger partial charge in [-0.25, -0.2) is 4.98 Å². The van der Waals surface area contributed by atoms with Crippen molar-refractivity contribution < 1.29 is 18.0 Å². The van der Waals surface area contributed by atoms with E-state index in [2.05, 4.69) is 15.0 Å². The lowest BCUT2D eigenvalue weighted by Gasteiger charge is -2.20. The number of thiophene rings is 1. The maximum absolute atomic E-state index is 13.3. The number of pyridine rings is 1. The Hall–Kier alpha value is -3.18. The molecular formula is C21H19F3N6OS. The summed E-state index contributed by atoms with van der Waals surface area (Å²) in [6, 6.07) is 7.00. The molecule has 4 aromatic rings. The fourth-order valence-electron chi connectivity index (χ4n) is 4.18. The van der Waals surface area contributed by atoms with Crippen molar-refractivity contribution in [2.45, 2.75) is 31.6 Å².